The fourth-order valence-corrected chi connectivity index (χ4v) is 1.57. The Morgan fingerprint density at radius 3 is 2.71 bits per heavy atom. The molecule has 0 aliphatic heterocycles. The Morgan fingerprint density at radius 2 is 2.12 bits per heavy atom. The first-order chi connectivity index (χ1) is 8.24. The van der Waals surface area contributed by atoms with Crippen molar-refractivity contribution < 1.29 is 24.5 Å². The molecule has 5 heteroatoms. The summed E-state index contributed by atoms with van der Waals surface area (Å²) in [5.74, 6) is -0.162. The van der Waals surface area contributed by atoms with Crippen molar-refractivity contribution in [2.45, 2.75) is 19.1 Å². The summed E-state index contributed by atoms with van der Waals surface area (Å²) in [6.07, 6.45) is -1.39. The highest BCUT2D eigenvalue weighted by Crippen LogP contribution is 2.29. The van der Waals surface area contributed by atoms with Crippen LogP contribution in [-0.4, -0.2) is 36.2 Å². The van der Waals surface area contributed by atoms with Crippen molar-refractivity contribution in [3.05, 3.63) is 29.8 Å². The third kappa shape index (κ3) is 3.44. The first kappa shape index (κ1) is 13.5. The van der Waals surface area contributed by atoms with Crippen LogP contribution >= 0.6 is 0 Å². The zero-order chi connectivity index (χ0) is 12.7. The molecule has 1 rings (SSSR count). The number of rotatable bonds is 7. The van der Waals surface area contributed by atoms with Gasteiger partial charge in [-0.25, -0.2) is 0 Å². The highest BCUT2D eigenvalue weighted by molar-refractivity contribution is 5.40. The molecule has 0 aliphatic rings. The molecule has 0 amide bonds. The predicted molar refractivity (Wildman–Crippen MR) is 60.6 cm³/mol. The Labute approximate surface area is 99.6 Å². The maximum atomic E-state index is 10.2. The normalized spacial score (nSPS) is 13.8. The standard InChI is InChI=1S/C12H16O5/c1-2-16-11-6-4-3-5-9(11)10(7-13)12(15)17-8-14/h3-6,8,10,12-13,15H,2,7H2,1H3. The minimum absolute atomic E-state index is 0.149. The predicted octanol–water partition coefficient (Wildman–Crippen LogP) is 0.653. The maximum Gasteiger partial charge on any atom is 0.295 e. The Kier molecular flexibility index (Phi) is 5.45. The van der Waals surface area contributed by atoms with E-state index >= 15 is 0 Å². The lowest BCUT2D eigenvalue weighted by Gasteiger charge is -2.21. The van der Waals surface area contributed by atoms with E-state index in [0.29, 0.717) is 17.9 Å². The van der Waals surface area contributed by atoms with Crippen LogP contribution in [0.1, 0.15) is 18.4 Å². The van der Waals surface area contributed by atoms with Crippen LogP contribution in [0.15, 0.2) is 24.3 Å². The van der Waals surface area contributed by atoms with Gasteiger partial charge in [-0.1, -0.05) is 18.2 Å². The first-order valence-electron chi connectivity index (χ1n) is 5.34. The molecule has 0 saturated heterocycles. The van der Waals surface area contributed by atoms with Crippen molar-refractivity contribution in [1.29, 1.82) is 0 Å². The van der Waals surface area contributed by atoms with Crippen LogP contribution in [0.2, 0.25) is 0 Å². The van der Waals surface area contributed by atoms with Crippen molar-refractivity contribution in [1.82, 2.24) is 0 Å². The molecule has 0 aliphatic carbocycles. The summed E-state index contributed by atoms with van der Waals surface area (Å²) in [5, 5.41) is 18.8. The number of benzene rings is 1. The van der Waals surface area contributed by atoms with Crippen LogP contribution in [-0.2, 0) is 9.53 Å². The summed E-state index contributed by atoms with van der Waals surface area (Å²) in [6, 6.07) is 6.99. The van der Waals surface area contributed by atoms with Crippen LogP contribution in [0, 0.1) is 0 Å². The van der Waals surface area contributed by atoms with E-state index in [4.69, 9.17) is 4.74 Å². The molecule has 1 aromatic rings. The lowest BCUT2D eigenvalue weighted by Crippen LogP contribution is -2.25. The zero-order valence-electron chi connectivity index (χ0n) is 9.57. The van der Waals surface area contributed by atoms with Gasteiger partial charge in [0.15, 0.2) is 0 Å². The monoisotopic (exact) mass is 240 g/mol. The number of para-hydroxylation sites is 1. The quantitative estimate of drug-likeness (QED) is 0.540. The van der Waals surface area contributed by atoms with Gasteiger partial charge in [-0.05, 0) is 13.0 Å². The van der Waals surface area contributed by atoms with Crippen LogP contribution in [0.5, 0.6) is 5.75 Å². The van der Waals surface area contributed by atoms with Gasteiger partial charge >= 0.3 is 0 Å². The zero-order valence-corrected chi connectivity index (χ0v) is 9.57. The third-order valence-electron chi connectivity index (χ3n) is 2.35. The highest BCUT2D eigenvalue weighted by atomic mass is 16.6. The van der Waals surface area contributed by atoms with Crippen molar-refractivity contribution in [2.75, 3.05) is 13.2 Å². The number of carbonyl (C=O) groups is 1. The highest BCUT2D eigenvalue weighted by Gasteiger charge is 2.24. The molecule has 0 bridgehead atoms. The molecule has 0 heterocycles. The van der Waals surface area contributed by atoms with E-state index in [1.54, 1.807) is 24.3 Å². The maximum absolute atomic E-state index is 10.2. The topological polar surface area (TPSA) is 76.0 Å². The molecule has 5 nitrogen and oxygen atoms in total. The van der Waals surface area contributed by atoms with E-state index < -0.39 is 12.2 Å². The fourth-order valence-electron chi connectivity index (χ4n) is 1.57. The number of ether oxygens (including phenoxy) is 2. The van der Waals surface area contributed by atoms with Gasteiger partial charge in [-0.2, -0.15) is 0 Å². The minimum atomic E-state index is -1.39. The third-order valence-corrected chi connectivity index (χ3v) is 2.35. The summed E-state index contributed by atoms with van der Waals surface area (Å²) in [6.45, 7) is 2.11. The Balaban J connectivity index is 2.97. The number of hydrogen-bond donors (Lipinski definition) is 2. The average molecular weight is 240 g/mol. The van der Waals surface area contributed by atoms with Crippen molar-refractivity contribution in [3.63, 3.8) is 0 Å². The van der Waals surface area contributed by atoms with Crippen molar-refractivity contribution >= 4 is 6.47 Å². The molecule has 2 N–H and O–H groups in total. The van der Waals surface area contributed by atoms with E-state index in [2.05, 4.69) is 4.74 Å². The molecule has 0 aromatic heterocycles. The Bertz CT molecular complexity index is 353. The van der Waals surface area contributed by atoms with Crippen LogP contribution < -0.4 is 4.74 Å². The van der Waals surface area contributed by atoms with Gasteiger partial charge in [-0.15, -0.1) is 0 Å². The summed E-state index contributed by atoms with van der Waals surface area (Å²) < 4.78 is 9.82. The molecule has 0 saturated carbocycles. The van der Waals surface area contributed by atoms with E-state index in [1.807, 2.05) is 6.92 Å². The van der Waals surface area contributed by atoms with Gasteiger partial charge < -0.3 is 19.7 Å². The largest absolute Gasteiger partial charge is 0.494 e. The number of carbonyl (C=O) groups excluding carboxylic acids is 1. The fraction of sp³-hybridized carbons (Fsp3) is 0.417. The molecule has 1 aromatic carbocycles. The van der Waals surface area contributed by atoms with E-state index in [1.165, 1.54) is 0 Å². The van der Waals surface area contributed by atoms with Gasteiger partial charge in [-0.3, -0.25) is 4.79 Å². The second-order valence-corrected chi connectivity index (χ2v) is 3.38. The molecule has 2 unspecified atom stereocenters. The van der Waals surface area contributed by atoms with Gasteiger partial charge in [0.1, 0.15) is 5.75 Å². The number of aliphatic hydroxyl groups excluding tert-OH is 2. The van der Waals surface area contributed by atoms with E-state index in [0.717, 1.165) is 0 Å². The molecule has 17 heavy (non-hydrogen) atoms. The van der Waals surface area contributed by atoms with Gasteiger partial charge in [0.25, 0.3) is 6.47 Å². The summed E-state index contributed by atoms with van der Waals surface area (Å²) in [7, 11) is 0. The number of hydrogen-bond acceptors (Lipinski definition) is 5. The lowest BCUT2D eigenvalue weighted by molar-refractivity contribution is -0.157. The molecule has 0 radical (unpaired) electrons. The van der Waals surface area contributed by atoms with Gasteiger partial charge in [0.05, 0.1) is 19.1 Å². The van der Waals surface area contributed by atoms with E-state index in [9.17, 15) is 15.0 Å². The first-order valence-corrected chi connectivity index (χ1v) is 5.34. The Morgan fingerprint density at radius 1 is 1.41 bits per heavy atom. The number of aliphatic hydroxyl groups is 2. The minimum Gasteiger partial charge on any atom is -0.494 e. The molecular weight excluding hydrogens is 224 g/mol. The lowest BCUT2D eigenvalue weighted by atomic mass is 9.98. The van der Waals surface area contributed by atoms with Crippen molar-refractivity contribution in [2.24, 2.45) is 0 Å². The summed E-state index contributed by atoms with van der Waals surface area (Å²) >= 11 is 0. The molecule has 2 atom stereocenters. The van der Waals surface area contributed by atoms with Gasteiger partial charge in [0.2, 0.25) is 6.29 Å². The molecule has 94 valence electrons. The second kappa shape index (κ2) is 6.88. The Hall–Kier alpha value is -1.59. The van der Waals surface area contributed by atoms with Crippen LogP contribution in [0.4, 0.5) is 0 Å². The second-order valence-electron chi connectivity index (χ2n) is 3.38. The average Bonchev–Trinajstić information content (AvgIpc) is 2.33. The molecule has 0 fully saturated rings. The van der Waals surface area contributed by atoms with E-state index in [-0.39, 0.29) is 13.1 Å². The summed E-state index contributed by atoms with van der Waals surface area (Å²) in [5.41, 5.74) is 0.603. The SMILES string of the molecule is CCOc1ccccc1C(CO)C(O)OC=O. The van der Waals surface area contributed by atoms with Gasteiger partial charge in [0, 0.05) is 5.56 Å². The summed E-state index contributed by atoms with van der Waals surface area (Å²) in [4.78, 5) is 10.2. The smallest absolute Gasteiger partial charge is 0.295 e. The molecule has 0 spiro atoms. The van der Waals surface area contributed by atoms with Crippen LogP contribution in [0.3, 0.4) is 0 Å². The van der Waals surface area contributed by atoms with Crippen molar-refractivity contribution in [3.8, 4) is 5.75 Å². The van der Waals surface area contributed by atoms with Crippen LogP contribution in [0.25, 0.3) is 0 Å². The molecular formula is C12H16O5.